The minimum Gasteiger partial charge on any atom is -0.356 e. The van der Waals surface area contributed by atoms with Crippen molar-refractivity contribution in [2.24, 2.45) is 4.99 Å². The van der Waals surface area contributed by atoms with Crippen molar-refractivity contribution in [1.29, 1.82) is 0 Å². The molecule has 0 unspecified atom stereocenters. The molecule has 0 amide bonds. The van der Waals surface area contributed by atoms with Gasteiger partial charge in [0, 0.05) is 38.4 Å². The molecule has 144 valence electrons. The lowest BCUT2D eigenvalue weighted by Crippen LogP contribution is -2.39. The Kier molecular flexibility index (Phi) is 9.53. The van der Waals surface area contributed by atoms with Gasteiger partial charge in [0.1, 0.15) is 11.6 Å². The number of halogens is 3. The van der Waals surface area contributed by atoms with E-state index in [4.69, 9.17) is 0 Å². The molecule has 2 N–H and O–H groups in total. The summed E-state index contributed by atoms with van der Waals surface area (Å²) in [6.45, 7) is 6.17. The van der Waals surface area contributed by atoms with Crippen molar-refractivity contribution >= 4 is 29.9 Å². The minimum absolute atomic E-state index is 0. The zero-order valence-electron chi connectivity index (χ0n) is 15.4. The monoisotopic (exact) mass is 477 g/mol. The van der Waals surface area contributed by atoms with Crippen LogP contribution in [0, 0.1) is 25.5 Å². The molecular weight excluding hydrogens is 451 g/mol. The van der Waals surface area contributed by atoms with Gasteiger partial charge in [-0.2, -0.15) is 5.10 Å². The maximum atomic E-state index is 13.2. The van der Waals surface area contributed by atoms with Crippen LogP contribution in [0.25, 0.3) is 0 Å². The fraction of sp³-hybridized carbons (Fsp3) is 0.444. The summed E-state index contributed by atoms with van der Waals surface area (Å²) in [5, 5.41) is 10.8. The summed E-state index contributed by atoms with van der Waals surface area (Å²) in [6, 6.07) is 5.62. The second-order valence-electron chi connectivity index (χ2n) is 5.96. The summed E-state index contributed by atoms with van der Waals surface area (Å²) in [5.41, 5.74) is 2.80. The zero-order valence-corrected chi connectivity index (χ0v) is 17.7. The number of guanidine groups is 1. The van der Waals surface area contributed by atoms with Gasteiger partial charge in [0.05, 0.1) is 5.69 Å². The van der Waals surface area contributed by atoms with Gasteiger partial charge >= 0.3 is 0 Å². The highest BCUT2D eigenvalue weighted by Gasteiger charge is 2.03. The van der Waals surface area contributed by atoms with Crippen LogP contribution in [0.3, 0.4) is 0 Å². The molecule has 0 spiro atoms. The summed E-state index contributed by atoms with van der Waals surface area (Å²) >= 11 is 0. The van der Waals surface area contributed by atoms with Gasteiger partial charge in [-0.3, -0.25) is 9.67 Å². The van der Waals surface area contributed by atoms with Gasteiger partial charge in [0.2, 0.25) is 0 Å². The van der Waals surface area contributed by atoms with Gasteiger partial charge in [-0.25, -0.2) is 8.78 Å². The van der Waals surface area contributed by atoms with E-state index in [2.05, 4.69) is 26.8 Å². The molecule has 0 aliphatic carbocycles. The first-order valence-electron chi connectivity index (χ1n) is 8.38. The Labute approximate surface area is 170 Å². The van der Waals surface area contributed by atoms with Crippen molar-refractivity contribution < 1.29 is 8.78 Å². The molecule has 0 fully saturated rings. The van der Waals surface area contributed by atoms with Crippen molar-refractivity contribution in [3.63, 3.8) is 0 Å². The maximum absolute atomic E-state index is 13.2. The van der Waals surface area contributed by atoms with Gasteiger partial charge in [-0.15, -0.1) is 24.0 Å². The first kappa shape index (κ1) is 22.3. The number of hydrogen-bond donors (Lipinski definition) is 2. The van der Waals surface area contributed by atoms with E-state index in [9.17, 15) is 8.78 Å². The summed E-state index contributed by atoms with van der Waals surface area (Å²) in [5.74, 6) is -0.437. The van der Waals surface area contributed by atoms with E-state index in [0.717, 1.165) is 37.0 Å². The molecule has 2 rings (SSSR count). The molecule has 0 atom stereocenters. The van der Waals surface area contributed by atoms with Crippen molar-refractivity contribution in [3.05, 3.63) is 52.9 Å². The Morgan fingerprint density at radius 2 is 1.73 bits per heavy atom. The molecule has 0 aliphatic heterocycles. The number of aromatic nitrogens is 2. The minimum atomic E-state index is -0.554. The number of aryl methyl sites for hydroxylation is 3. The third kappa shape index (κ3) is 7.27. The standard InChI is InChI=1S/C18H25F2N5.HI/c1-13-9-14(2)25(24-13)8-4-6-22-18(21-3)23-7-5-15-10-16(19)12-17(20)11-15;/h9-12H,4-8H2,1-3H3,(H2,21,22,23);1H. The van der Waals surface area contributed by atoms with Crippen molar-refractivity contribution in [1.82, 2.24) is 20.4 Å². The smallest absolute Gasteiger partial charge is 0.190 e. The van der Waals surface area contributed by atoms with Gasteiger partial charge < -0.3 is 10.6 Å². The molecule has 1 aromatic heterocycles. The van der Waals surface area contributed by atoms with Crippen LogP contribution in [0.4, 0.5) is 8.78 Å². The van der Waals surface area contributed by atoms with Gasteiger partial charge in [0.15, 0.2) is 5.96 Å². The average molecular weight is 477 g/mol. The molecule has 2 aromatic rings. The lowest BCUT2D eigenvalue weighted by Gasteiger charge is -2.12. The zero-order chi connectivity index (χ0) is 18.2. The van der Waals surface area contributed by atoms with Gasteiger partial charge in [-0.05, 0) is 50.5 Å². The molecule has 0 radical (unpaired) electrons. The van der Waals surface area contributed by atoms with Crippen molar-refractivity contribution in [2.75, 3.05) is 20.1 Å². The van der Waals surface area contributed by atoms with Crippen LogP contribution in [0.5, 0.6) is 0 Å². The largest absolute Gasteiger partial charge is 0.356 e. The second kappa shape index (κ2) is 11.1. The predicted molar refractivity (Wildman–Crippen MR) is 111 cm³/mol. The van der Waals surface area contributed by atoms with Crippen molar-refractivity contribution in [2.45, 2.75) is 33.2 Å². The van der Waals surface area contributed by atoms with E-state index in [1.807, 2.05) is 18.5 Å². The SMILES string of the molecule is CN=C(NCCCn1nc(C)cc1C)NCCc1cc(F)cc(F)c1.I. The summed E-state index contributed by atoms with van der Waals surface area (Å²) in [6.07, 6.45) is 1.43. The maximum Gasteiger partial charge on any atom is 0.190 e. The van der Waals surface area contributed by atoms with Crippen LogP contribution < -0.4 is 10.6 Å². The Hall–Kier alpha value is -1.71. The topological polar surface area (TPSA) is 54.2 Å². The molecule has 0 saturated carbocycles. The molecule has 0 aliphatic rings. The Balaban J connectivity index is 0.00000338. The number of nitrogens with zero attached hydrogens (tertiary/aromatic N) is 3. The van der Waals surface area contributed by atoms with E-state index < -0.39 is 11.6 Å². The van der Waals surface area contributed by atoms with Gasteiger partial charge in [0.25, 0.3) is 0 Å². The second-order valence-corrected chi connectivity index (χ2v) is 5.96. The van der Waals surface area contributed by atoms with E-state index in [1.54, 1.807) is 7.05 Å². The lowest BCUT2D eigenvalue weighted by atomic mass is 10.1. The fourth-order valence-electron chi connectivity index (χ4n) is 2.64. The summed E-state index contributed by atoms with van der Waals surface area (Å²) < 4.78 is 28.3. The van der Waals surface area contributed by atoms with E-state index in [0.29, 0.717) is 24.5 Å². The molecule has 0 bridgehead atoms. The first-order chi connectivity index (χ1) is 12.0. The Bertz CT molecular complexity index is 710. The van der Waals surface area contributed by atoms with Gasteiger partial charge in [-0.1, -0.05) is 0 Å². The molecular formula is C18H26F2IN5. The Morgan fingerprint density at radius 3 is 2.31 bits per heavy atom. The van der Waals surface area contributed by atoms with Crippen LogP contribution >= 0.6 is 24.0 Å². The van der Waals surface area contributed by atoms with Crippen LogP contribution in [0.15, 0.2) is 29.3 Å². The number of benzene rings is 1. The van der Waals surface area contributed by atoms with E-state index >= 15 is 0 Å². The summed E-state index contributed by atoms with van der Waals surface area (Å²) in [7, 11) is 1.69. The number of aliphatic imine (C=N–C) groups is 1. The normalized spacial score (nSPS) is 11.2. The van der Waals surface area contributed by atoms with Crippen LogP contribution in [0.1, 0.15) is 23.4 Å². The number of rotatable bonds is 7. The molecule has 8 heteroatoms. The highest BCUT2D eigenvalue weighted by Crippen LogP contribution is 2.08. The fourth-order valence-corrected chi connectivity index (χ4v) is 2.64. The van der Waals surface area contributed by atoms with Crippen LogP contribution in [-0.2, 0) is 13.0 Å². The number of nitrogens with one attached hydrogen (secondary N) is 2. The molecule has 5 nitrogen and oxygen atoms in total. The van der Waals surface area contributed by atoms with Crippen molar-refractivity contribution in [3.8, 4) is 0 Å². The highest BCUT2D eigenvalue weighted by atomic mass is 127. The summed E-state index contributed by atoms with van der Waals surface area (Å²) in [4.78, 5) is 4.14. The first-order valence-corrected chi connectivity index (χ1v) is 8.38. The molecule has 26 heavy (non-hydrogen) atoms. The molecule has 1 heterocycles. The predicted octanol–water partition coefficient (Wildman–Crippen LogP) is 3.19. The van der Waals surface area contributed by atoms with E-state index in [-0.39, 0.29) is 24.0 Å². The average Bonchev–Trinajstić information content (AvgIpc) is 2.86. The number of hydrogen-bond acceptors (Lipinski definition) is 2. The third-order valence-corrected chi connectivity index (χ3v) is 3.79. The lowest BCUT2D eigenvalue weighted by molar-refractivity contribution is 0.555. The quantitative estimate of drug-likeness (QED) is 0.279. The Morgan fingerprint density at radius 1 is 1.08 bits per heavy atom. The highest BCUT2D eigenvalue weighted by molar-refractivity contribution is 14.0. The van der Waals surface area contributed by atoms with E-state index in [1.165, 1.54) is 12.1 Å². The third-order valence-electron chi connectivity index (χ3n) is 3.79. The molecule has 0 saturated heterocycles. The van der Waals surface area contributed by atoms with Crippen LogP contribution in [0.2, 0.25) is 0 Å². The van der Waals surface area contributed by atoms with Crippen LogP contribution in [-0.4, -0.2) is 35.9 Å². The molecule has 1 aromatic carbocycles.